The quantitative estimate of drug-likeness (QED) is 0.780. The first-order valence-corrected chi connectivity index (χ1v) is 6.84. The number of piperidine rings is 1. The van der Waals surface area contributed by atoms with Crippen LogP contribution in [-0.2, 0) is 4.79 Å². The fraction of sp³-hybridized carbons (Fsp3) is 0.923. The molecule has 3 aliphatic rings. The van der Waals surface area contributed by atoms with Gasteiger partial charge in [-0.15, -0.1) is 0 Å². The van der Waals surface area contributed by atoms with Crippen LogP contribution < -0.4 is 0 Å². The molecule has 0 aromatic heterocycles. The van der Waals surface area contributed by atoms with Gasteiger partial charge in [-0.05, 0) is 45.7 Å². The molecule has 0 saturated carbocycles. The van der Waals surface area contributed by atoms with Gasteiger partial charge in [-0.1, -0.05) is 0 Å². The third-order valence-electron chi connectivity index (χ3n) is 5.16. The summed E-state index contributed by atoms with van der Waals surface area (Å²) < 4.78 is 0. The molecule has 17 heavy (non-hydrogen) atoms. The van der Waals surface area contributed by atoms with Crippen LogP contribution in [0, 0.1) is 5.92 Å². The molecule has 3 fully saturated rings. The zero-order valence-corrected chi connectivity index (χ0v) is 10.5. The summed E-state index contributed by atoms with van der Waals surface area (Å²) >= 11 is 0. The Hall–Kier alpha value is -0.610. The number of fused-ring (bicyclic) bond motifs is 2. The van der Waals surface area contributed by atoms with Crippen molar-refractivity contribution in [3.63, 3.8) is 0 Å². The molecule has 3 unspecified atom stereocenters. The van der Waals surface area contributed by atoms with Gasteiger partial charge in [0.1, 0.15) is 0 Å². The third-order valence-corrected chi connectivity index (χ3v) is 5.16. The summed E-state index contributed by atoms with van der Waals surface area (Å²) in [5.74, 6) is -0.726. The van der Waals surface area contributed by atoms with E-state index >= 15 is 0 Å². The predicted molar refractivity (Wildman–Crippen MR) is 64.9 cm³/mol. The van der Waals surface area contributed by atoms with Gasteiger partial charge in [0.25, 0.3) is 0 Å². The molecular weight excluding hydrogens is 216 g/mol. The number of hydrogen-bond acceptors (Lipinski definition) is 3. The fourth-order valence-electron chi connectivity index (χ4n) is 4.00. The summed E-state index contributed by atoms with van der Waals surface area (Å²) in [7, 11) is 2.25. The molecule has 0 aliphatic carbocycles. The van der Waals surface area contributed by atoms with Gasteiger partial charge in [0.2, 0.25) is 0 Å². The summed E-state index contributed by atoms with van der Waals surface area (Å²) in [6, 6.07) is 2.15. The van der Waals surface area contributed by atoms with Crippen molar-refractivity contribution in [1.82, 2.24) is 9.80 Å². The molecule has 0 radical (unpaired) electrons. The van der Waals surface area contributed by atoms with E-state index in [2.05, 4.69) is 16.8 Å². The van der Waals surface area contributed by atoms with Crippen LogP contribution in [0.25, 0.3) is 0 Å². The molecule has 3 heterocycles. The van der Waals surface area contributed by atoms with E-state index in [1.165, 1.54) is 25.7 Å². The van der Waals surface area contributed by atoms with E-state index in [1.54, 1.807) is 0 Å². The Balaban J connectivity index is 1.62. The molecule has 4 nitrogen and oxygen atoms in total. The number of hydrogen-bond donors (Lipinski definition) is 1. The molecule has 3 atom stereocenters. The van der Waals surface area contributed by atoms with Crippen LogP contribution in [0.3, 0.4) is 0 Å². The van der Waals surface area contributed by atoms with E-state index in [4.69, 9.17) is 5.11 Å². The largest absolute Gasteiger partial charge is 0.481 e. The number of aliphatic carboxylic acids is 1. The standard InChI is InChI=1S/C13H22N2O2/c1-14-10-2-3-11(14)7-12(6-10)15-5-4-9(8-15)13(16)17/h9-12H,2-8H2,1H3,(H,16,17). The van der Waals surface area contributed by atoms with E-state index in [0.717, 1.165) is 31.6 Å². The summed E-state index contributed by atoms with van der Waals surface area (Å²) in [6.07, 6.45) is 6.03. The lowest BCUT2D eigenvalue weighted by Gasteiger charge is -2.40. The van der Waals surface area contributed by atoms with Crippen LogP contribution in [0.2, 0.25) is 0 Å². The maximum Gasteiger partial charge on any atom is 0.307 e. The normalized spacial score (nSPS) is 43.1. The SMILES string of the molecule is CN1C2CCC1CC(N1CCC(C(=O)O)C1)C2. The minimum atomic E-state index is -0.608. The highest BCUT2D eigenvalue weighted by atomic mass is 16.4. The predicted octanol–water partition coefficient (Wildman–Crippen LogP) is 1.02. The fourth-order valence-corrected chi connectivity index (χ4v) is 4.00. The van der Waals surface area contributed by atoms with Gasteiger partial charge in [0.05, 0.1) is 5.92 Å². The lowest BCUT2D eigenvalue weighted by Crippen LogP contribution is -2.48. The number of likely N-dealkylation sites (tertiary alicyclic amines) is 1. The van der Waals surface area contributed by atoms with Crippen LogP contribution in [-0.4, -0.2) is 59.1 Å². The number of nitrogens with zero attached hydrogens (tertiary/aromatic N) is 2. The second-order valence-corrected chi connectivity index (χ2v) is 5.99. The Morgan fingerprint density at radius 2 is 1.76 bits per heavy atom. The highest BCUT2D eigenvalue weighted by Gasteiger charge is 2.42. The van der Waals surface area contributed by atoms with Crippen molar-refractivity contribution in [2.24, 2.45) is 5.92 Å². The van der Waals surface area contributed by atoms with Crippen LogP contribution in [0.4, 0.5) is 0 Å². The Kier molecular flexibility index (Phi) is 2.87. The topological polar surface area (TPSA) is 43.8 Å². The molecular formula is C13H22N2O2. The molecule has 96 valence electrons. The van der Waals surface area contributed by atoms with Gasteiger partial charge < -0.3 is 10.0 Å². The molecule has 0 spiro atoms. The molecule has 4 heteroatoms. The number of carboxylic acids is 1. The summed E-state index contributed by atoms with van der Waals surface area (Å²) in [5.41, 5.74) is 0. The van der Waals surface area contributed by atoms with Crippen molar-refractivity contribution < 1.29 is 9.90 Å². The first kappa shape index (κ1) is 11.5. The van der Waals surface area contributed by atoms with Crippen LogP contribution in [0.15, 0.2) is 0 Å². The second kappa shape index (κ2) is 4.25. The van der Waals surface area contributed by atoms with Crippen LogP contribution in [0.5, 0.6) is 0 Å². The zero-order valence-electron chi connectivity index (χ0n) is 10.5. The van der Waals surface area contributed by atoms with Gasteiger partial charge in [-0.25, -0.2) is 0 Å². The van der Waals surface area contributed by atoms with Gasteiger partial charge in [-0.2, -0.15) is 0 Å². The Bertz CT molecular complexity index is 307. The first-order chi connectivity index (χ1) is 8.15. The molecule has 3 aliphatic heterocycles. The van der Waals surface area contributed by atoms with Gasteiger partial charge in [-0.3, -0.25) is 9.69 Å². The van der Waals surface area contributed by atoms with Crippen LogP contribution >= 0.6 is 0 Å². The van der Waals surface area contributed by atoms with E-state index in [0.29, 0.717) is 6.04 Å². The average Bonchev–Trinajstić information content (AvgIpc) is 2.83. The summed E-state index contributed by atoms with van der Waals surface area (Å²) in [4.78, 5) is 16.0. The lowest BCUT2D eigenvalue weighted by molar-refractivity contribution is -0.141. The molecule has 3 saturated heterocycles. The van der Waals surface area contributed by atoms with Crippen molar-refractivity contribution >= 4 is 5.97 Å². The first-order valence-electron chi connectivity index (χ1n) is 6.84. The Morgan fingerprint density at radius 3 is 2.29 bits per heavy atom. The maximum atomic E-state index is 11.0. The zero-order chi connectivity index (χ0) is 12.0. The van der Waals surface area contributed by atoms with Crippen molar-refractivity contribution in [2.45, 2.75) is 50.2 Å². The number of carboxylic acid groups (broad SMARTS) is 1. The minimum absolute atomic E-state index is 0.118. The highest BCUT2D eigenvalue weighted by Crippen LogP contribution is 2.37. The third kappa shape index (κ3) is 1.97. The maximum absolute atomic E-state index is 11.0. The number of rotatable bonds is 2. The van der Waals surface area contributed by atoms with Crippen molar-refractivity contribution in [3.8, 4) is 0 Å². The second-order valence-electron chi connectivity index (χ2n) is 5.99. The minimum Gasteiger partial charge on any atom is -0.481 e. The molecule has 3 rings (SSSR count). The van der Waals surface area contributed by atoms with Crippen molar-refractivity contribution in [2.75, 3.05) is 20.1 Å². The van der Waals surface area contributed by atoms with Gasteiger partial charge >= 0.3 is 5.97 Å². The molecule has 0 amide bonds. The highest BCUT2D eigenvalue weighted by molar-refractivity contribution is 5.70. The van der Waals surface area contributed by atoms with Gasteiger partial charge in [0, 0.05) is 24.7 Å². The number of carbonyl (C=O) groups is 1. The van der Waals surface area contributed by atoms with E-state index in [9.17, 15) is 4.79 Å². The Morgan fingerprint density at radius 1 is 1.12 bits per heavy atom. The molecule has 2 bridgehead atoms. The molecule has 1 N–H and O–H groups in total. The van der Waals surface area contributed by atoms with E-state index in [-0.39, 0.29) is 5.92 Å². The van der Waals surface area contributed by atoms with Crippen LogP contribution in [0.1, 0.15) is 32.1 Å². The lowest BCUT2D eigenvalue weighted by atomic mass is 9.97. The smallest absolute Gasteiger partial charge is 0.307 e. The summed E-state index contributed by atoms with van der Waals surface area (Å²) in [5, 5.41) is 9.05. The van der Waals surface area contributed by atoms with E-state index in [1.807, 2.05) is 0 Å². The summed E-state index contributed by atoms with van der Waals surface area (Å²) in [6.45, 7) is 1.77. The van der Waals surface area contributed by atoms with Crippen molar-refractivity contribution in [1.29, 1.82) is 0 Å². The monoisotopic (exact) mass is 238 g/mol. The Labute approximate surface area is 103 Å². The average molecular weight is 238 g/mol. The van der Waals surface area contributed by atoms with Gasteiger partial charge in [0.15, 0.2) is 0 Å². The van der Waals surface area contributed by atoms with E-state index < -0.39 is 5.97 Å². The molecule has 0 aromatic rings. The van der Waals surface area contributed by atoms with Crippen molar-refractivity contribution in [3.05, 3.63) is 0 Å². The molecule has 0 aromatic carbocycles.